The Labute approximate surface area is 198 Å². The third kappa shape index (κ3) is 9.46. The molecule has 2 saturated heterocycles. The highest BCUT2D eigenvalue weighted by Crippen LogP contribution is 2.14. The lowest BCUT2D eigenvalue weighted by atomic mass is 10.0. The van der Waals surface area contributed by atoms with Gasteiger partial charge in [-0.2, -0.15) is 11.8 Å². The Balaban J connectivity index is 0.00000420. The normalized spacial score (nSPS) is 20.9. The fourth-order valence-electron chi connectivity index (χ4n) is 3.44. The van der Waals surface area contributed by atoms with Crippen LogP contribution in [0, 0.1) is 5.92 Å². The first kappa shape index (κ1) is 27.2. The quantitative estimate of drug-likeness (QED) is 0.245. The molecular formula is C18H38IN5O3S2. The number of hydrogen-bond donors (Lipinski definition) is 2. The molecule has 0 spiro atoms. The molecule has 0 radical (unpaired) electrons. The second kappa shape index (κ2) is 14.3. The Hall–Kier alpha value is 0.180. The van der Waals surface area contributed by atoms with E-state index in [4.69, 9.17) is 9.73 Å². The molecule has 11 heteroatoms. The summed E-state index contributed by atoms with van der Waals surface area (Å²) in [5, 5.41) is 6.43. The molecule has 0 aliphatic carbocycles. The fraction of sp³-hybridized carbons (Fsp3) is 0.944. The molecule has 0 saturated carbocycles. The summed E-state index contributed by atoms with van der Waals surface area (Å²) in [6.45, 7) is 12.9. The maximum Gasteiger partial charge on any atom is 0.215 e. The number of nitrogens with one attached hydrogen (secondary N) is 2. The predicted molar refractivity (Wildman–Crippen MR) is 133 cm³/mol. The Morgan fingerprint density at radius 2 is 1.79 bits per heavy atom. The number of nitrogens with zero attached hydrogens (tertiary/aromatic N) is 3. The molecule has 0 bridgehead atoms. The standard InChI is InChI=1S/C18H37N5O3S2.HI/c1-4-19-18(20-5-14-28(24,25)23-8-12-27-13-9-23)21-15-17(16(2)3)22-6-10-26-11-7-22;/h16-17H,4-15H2,1-3H3,(H2,19,20,21);1H. The first-order chi connectivity index (χ1) is 13.4. The molecule has 2 aliphatic rings. The van der Waals surface area contributed by atoms with Crippen molar-refractivity contribution < 1.29 is 13.2 Å². The smallest absolute Gasteiger partial charge is 0.215 e. The number of hydrogen-bond acceptors (Lipinski definition) is 6. The van der Waals surface area contributed by atoms with E-state index in [0.717, 1.165) is 44.4 Å². The minimum Gasteiger partial charge on any atom is -0.379 e. The van der Waals surface area contributed by atoms with Gasteiger partial charge in [0.2, 0.25) is 10.0 Å². The van der Waals surface area contributed by atoms with Crippen molar-refractivity contribution in [1.82, 2.24) is 19.8 Å². The van der Waals surface area contributed by atoms with Crippen LogP contribution in [0.25, 0.3) is 0 Å². The van der Waals surface area contributed by atoms with Gasteiger partial charge in [-0.05, 0) is 12.8 Å². The van der Waals surface area contributed by atoms with Crippen LogP contribution in [0.4, 0.5) is 0 Å². The van der Waals surface area contributed by atoms with Gasteiger partial charge in [-0.15, -0.1) is 24.0 Å². The van der Waals surface area contributed by atoms with Crippen molar-refractivity contribution in [2.75, 3.05) is 76.3 Å². The summed E-state index contributed by atoms with van der Waals surface area (Å²) in [5.74, 6) is 3.04. The molecule has 0 aromatic rings. The first-order valence-electron chi connectivity index (χ1n) is 10.3. The highest BCUT2D eigenvalue weighted by molar-refractivity contribution is 14.0. The van der Waals surface area contributed by atoms with Crippen LogP contribution >= 0.6 is 35.7 Å². The summed E-state index contributed by atoms with van der Waals surface area (Å²) in [6, 6.07) is 0.355. The number of guanidine groups is 1. The molecule has 1 atom stereocenters. The van der Waals surface area contributed by atoms with Gasteiger partial charge in [0.1, 0.15) is 0 Å². The van der Waals surface area contributed by atoms with Gasteiger partial charge in [0.25, 0.3) is 0 Å². The molecule has 1 unspecified atom stereocenters. The summed E-state index contributed by atoms with van der Waals surface area (Å²) in [5.41, 5.74) is 0. The molecule has 2 heterocycles. The van der Waals surface area contributed by atoms with Gasteiger partial charge in [-0.3, -0.25) is 9.89 Å². The largest absolute Gasteiger partial charge is 0.379 e. The first-order valence-corrected chi connectivity index (χ1v) is 13.1. The monoisotopic (exact) mass is 563 g/mol. The van der Waals surface area contributed by atoms with Crippen LogP contribution in [0.5, 0.6) is 0 Å². The Morgan fingerprint density at radius 1 is 1.14 bits per heavy atom. The number of thioether (sulfide) groups is 1. The van der Waals surface area contributed by atoms with Crippen molar-refractivity contribution in [2.45, 2.75) is 26.8 Å². The lowest BCUT2D eigenvalue weighted by Gasteiger charge is -2.36. The van der Waals surface area contributed by atoms with E-state index >= 15 is 0 Å². The fourth-order valence-corrected chi connectivity index (χ4v) is 5.93. The highest BCUT2D eigenvalue weighted by Gasteiger charge is 2.25. The van der Waals surface area contributed by atoms with Gasteiger partial charge in [-0.25, -0.2) is 12.7 Å². The SMILES string of the molecule is CCNC(=NCC(C(C)C)N1CCOCC1)NCCS(=O)(=O)N1CCSCC1.I. The number of aliphatic imine (C=N–C) groups is 1. The van der Waals surface area contributed by atoms with Crippen LogP contribution in [-0.4, -0.2) is 106 Å². The number of rotatable bonds is 9. The van der Waals surface area contributed by atoms with Crippen LogP contribution in [0.2, 0.25) is 0 Å². The molecule has 0 aromatic heterocycles. The minimum atomic E-state index is -3.20. The number of morpholine rings is 1. The zero-order valence-corrected chi connectivity index (χ0v) is 21.9. The average Bonchev–Trinajstić information content (AvgIpc) is 2.69. The van der Waals surface area contributed by atoms with Gasteiger partial charge >= 0.3 is 0 Å². The Bertz CT molecular complexity index is 580. The van der Waals surface area contributed by atoms with Crippen molar-refractivity contribution in [3.63, 3.8) is 0 Å². The molecule has 0 aromatic carbocycles. The molecule has 8 nitrogen and oxygen atoms in total. The maximum absolute atomic E-state index is 12.5. The van der Waals surface area contributed by atoms with E-state index in [2.05, 4.69) is 29.4 Å². The van der Waals surface area contributed by atoms with Gasteiger partial charge in [0.05, 0.1) is 25.5 Å². The topological polar surface area (TPSA) is 86.3 Å². The average molecular weight is 564 g/mol. The molecule has 2 rings (SSSR count). The second-order valence-corrected chi connectivity index (χ2v) is 10.7. The molecule has 172 valence electrons. The number of ether oxygens (including phenoxy) is 1. The van der Waals surface area contributed by atoms with Crippen LogP contribution in [-0.2, 0) is 14.8 Å². The lowest BCUT2D eigenvalue weighted by molar-refractivity contribution is 0.00867. The van der Waals surface area contributed by atoms with Gasteiger partial charge in [0, 0.05) is 56.8 Å². The molecule has 2 fully saturated rings. The van der Waals surface area contributed by atoms with Crippen molar-refractivity contribution in [2.24, 2.45) is 10.9 Å². The van der Waals surface area contributed by atoms with E-state index in [-0.39, 0.29) is 29.7 Å². The molecule has 29 heavy (non-hydrogen) atoms. The molecule has 2 N–H and O–H groups in total. The van der Waals surface area contributed by atoms with Crippen molar-refractivity contribution >= 4 is 51.7 Å². The zero-order chi connectivity index (χ0) is 20.4. The van der Waals surface area contributed by atoms with E-state index < -0.39 is 10.0 Å². The Kier molecular flexibility index (Phi) is 13.4. The van der Waals surface area contributed by atoms with Crippen LogP contribution in [0.15, 0.2) is 4.99 Å². The van der Waals surface area contributed by atoms with Crippen molar-refractivity contribution in [1.29, 1.82) is 0 Å². The third-order valence-corrected chi connectivity index (χ3v) is 7.90. The predicted octanol–water partition coefficient (Wildman–Crippen LogP) is 0.895. The van der Waals surface area contributed by atoms with E-state index in [1.54, 1.807) is 4.31 Å². The number of halogens is 1. The Morgan fingerprint density at radius 3 is 2.38 bits per heavy atom. The van der Waals surface area contributed by atoms with E-state index in [1.165, 1.54) is 0 Å². The lowest BCUT2D eigenvalue weighted by Crippen LogP contribution is -2.48. The summed E-state index contributed by atoms with van der Waals surface area (Å²) in [7, 11) is -3.20. The van der Waals surface area contributed by atoms with E-state index in [9.17, 15) is 8.42 Å². The summed E-state index contributed by atoms with van der Waals surface area (Å²) in [6.07, 6.45) is 0. The summed E-state index contributed by atoms with van der Waals surface area (Å²) >= 11 is 1.81. The van der Waals surface area contributed by atoms with Crippen LogP contribution in [0.3, 0.4) is 0 Å². The molecule has 2 aliphatic heterocycles. The summed E-state index contributed by atoms with van der Waals surface area (Å²) in [4.78, 5) is 7.19. The maximum atomic E-state index is 12.5. The highest BCUT2D eigenvalue weighted by atomic mass is 127. The van der Waals surface area contributed by atoms with Gasteiger partial charge in [0.15, 0.2) is 5.96 Å². The van der Waals surface area contributed by atoms with E-state index in [0.29, 0.717) is 44.1 Å². The van der Waals surface area contributed by atoms with Gasteiger partial charge in [-0.1, -0.05) is 13.8 Å². The van der Waals surface area contributed by atoms with Crippen LogP contribution < -0.4 is 10.6 Å². The van der Waals surface area contributed by atoms with Crippen molar-refractivity contribution in [3.05, 3.63) is 0 Å². The van der Waals surface area contributed by atoms with Crippen molar-refractivity contribution in [3.8, 4) is 0 Å². The summed E-state index contributed by atoms with van der Waals surface area (Å²) < 4.78 is 32.0. The van der Waals surface area contributed by atoms with E-state index in [1.807, 2.05) is 18.7 Å². The van der Waals surface area contributed by atoms with Crippen LogP contribution in [0.1, 0.15) is 20.8 Å². The zero-order valence-electron chi connectivity index (χ0n) is 17.9. The minimum absolute atomic E-state index is 0. The molecular weight excluding hydrogens is 525 g/mol. The third-order valence-electron chi connectivity index (χ3n) is 5.08. The molecule has 0 amide bonds. The number of sulfonamides is 1. The van der Waals surface area contributed by atoms with Gasteiger partial charge < -0.3 is 15.4 Å². The second-order valence-electron chi connectivity index (χ2n) is 7.43.